The molecule has 0 atom stereocenters. The number of halogens is 1. The maximum absolute atomic E-state index is 12.5. The maximum atomic E-state index is 12.5. The van der Waals surface area contributed by atoms with E-state index in [0.717, 1.165) is 34.8 Å². The van der Waals surface area contributed by atoms with Crippen LogP contribution in [0.4, 0.5) is 0 Å². The Labute approximate surface area is 113 Å². The minimum absolute atomic E-state index is 0.0318. The number of nitrogens with one attached hydrogen (secondary N) is 1. The normalized spacial score (nSPS) is 15.0. The minimum atomic E-state index is 0.0318. The zero-order valence-corrected chi connectivity index (χ0v) is 11.7. The van der Waals surface area contributed by atoms with E-state index < -0.39 is 0 Å². The molecule has 4 nitrogen and oxygen atoms in total. The van der Waals surface area contributed by atoms with Crippen molar-refractivity contribution in [1.82, 2.24) is 15.1 Å². The number of rotatable bonds is 3. The molecule has 94 valence electrons. The first-order chi connectivity index (χ1) is 8.70. The van der Waals surface area contributed by atoms with Gasteiger partial charge in [-0.25, -0.2) is 0 Å². The number of carbonyl (C=O) groups is 1. The maximum Gasteiger partial charge on any atom is 0.275 e. The van der Waals surface area contributed by atoms with Gasteiger partial charge >= 0.3 is 0 Å². The predicted molar refractivity (Wildman–Crippen MR) is 73.5 cm³/mol. The topological polar surface area (TPSA) is 49.0 Å². The summed E-state index contributed by atoms with van der Waals surface area (Å²) in [4.78, 5) is 14.4. The first-order valence-corrected chi connectivity index (χ1v) is 6.94. The van der Waals surface area contributed by atoms with Crippen LogP contribution in [0.2, 0.25) is 0 Å². The number of fused-ring (bicyclic) bond motifs is 1. The van der Waals surface area contributed by atoms with Crippen LogP contribution in [-0.2, 0) is 0 Å². The highest BCUT2D eigenvalue weighted by Gasteiger charge is 2.33. The van der Waals surface area contributed by atoms with Gasteiger partial charge in [-0.15, -0.1) is 0 Å². The fraction of sp³-hybridized carbons (Fsp3) is 0.385. The van der Waals surface area contributed by atoms with E-state index in [1.807, 2.05) is 30.0 Å². The van der Waals surface area contributed by atoms with Gasteiger partial charge in [-0.2, -0.15) is 5.10 Å². The fourth-order valence-corrected chi connectivity index (χ4v) is 2.60. The van der Waals surface area contributed by atoms with E-state index in [9.17, 15) is 4.79 Å². The van der Waals surface area contributed by atoms with E-state index in [1.54, 1.807) is 0 Å². The molecule has 0 spiro atoms. The SMILES string of the molecule is CCN(C(=O)c1n[nH]c2ccc(Br)cc12)C1CC1. The van der Waals surface area contributed by atoms with Gasteiger partial charge in [-0.1, -0.05) is 15.9 Å². The molecule has 1 aliphatic carbocycles. The third-order valence-corrected chi connectivity index (χ3v) is 3.81. The number of H-pyrrole nitrogens is 1. The summed E-state index contributed by atoms with van der Waals surface area (Å²) < 4.78 is 0.958. The van der Waals surface area contributed by atoms with Gasteiger partial charge in [0.05, 0.1) is 5.52 Å². The molecule has 0 aliphatic heterocycles. The number of benzene rings is 1. The molecule has 2 aromatic rings. The Morgan fingerprint density at radius 3 is 3.00 bits per heavy atom. The van der Waals surface area contributed by atoms with Crippen molar-refractivity contribution in [3.63, 3.8) is 0 Å². The van der Waals surface area contributed by atoms with Gasteiger partial charge < -0.3 is 4.90 Å². The van der Waals surface area contributed by atoms with Crippen LogP contribution in [0, 0.1) is 0 Å². The standard InChI is InChI=1S/C13H14BrN3O/c1-2-17(9-4-5-9)13(18)12-10-7-8(14)3-6-11(10)15-16-12/h3,6-7,9H,2,4-5H2,1H3,(H,15,16). The molecule has 1 N–H and O–H groups in total. The molecule has 1 amide bonds. The van der Waals surface area contributed by atoms with Crippen LogP contribution >= 0.6 is 15.9 Å². The lowest BCUT2D eigenvalue weighted by atomic mass is 10.2. The van der Waals surface area contributed by atoms with Crippen molar-refractivity contribution < 1.29 is 4.79 Å². The summed E-state index contributed by atoms with van der Waals surface area (Å²) in [5, 5.41) is 7.98. The van der Waals surface area contributed by atoms with Crippen LogP contribution in [0.5, 0.6) is 0 Å². The summed E-state index contributed by atoms with van der Waals surface area (Å²) in [5.41, 5.74) is 1.42. The molecular weight excluding hydrogens is 294 g/mol. The Balaban J connectivity index is 2.02. The molecule has 1 aromatic carbocycles. The van der Waals surface area contributed by atoms with Crippen LogP contribution < -0.4 is 0 Å². The van der Waals surface area contributed by atoms with Gasteiger partial charge in [0.1, 0.15) is 0 Å². The van der Waals surface area contributed by atoms with E-state index in [1.165, 1.54) is 0 Å². The molecule has 0 bridgehead atoms. The van der Waals surface area contributed by atoms with Crippen molar-refractivity contribution in [2.45, 2.75) is 25.8 Å². The number of aromatic amines is 1. The number of aromatic nitrogens is 2. The Bertz CT molecular complexity index is 603. The average molecular weight is 308 g/mol. The molecule has 1 aliphatic rings. The second kappa shape index (κ2) is 4.39. The quantitative estimate of drug-likeness (QED) is 0.947. The summed E-state index contributed by atoms with van der Waals surface area (Å²) in [6.07, 6.45) is 2.23. The Hall–Kier alpha value is -1.36. The molecule has 1 heterocycles. The molecule has 1 aromatic heterocycles. The second-order valence-corrected chi connectivity index (χ2v) is 5.50. The molecule has 0 radical (unpaired) electrons. The van der Waals surface area contributed by atoms with Gasteiger partial charge in [-0.05, 0) is 38.0 Å². The number of amides is 1. The molecule has 3 rings (SSSR count). The molecular formula is C13H14BrN3O. The van der Waals surface area contributed by atoms with E-state index in [-0.39, 0.29) is 5.91 Å². The Kier molecular flexibility index (Phi) is 2.86. The summed E-state index contributed by atoms with van der Waals surface area (Å²) in [5.74, 6) is 0.0318. The van der Waals surface area contributed by atoms with Crippen LogP contribution in [0.25, 0.3) is 10.9 Å². The molecule has 0 unspecified atom stereocenters. The molecule has 5 heteroatoms. The summed E-state index contributed by atoms with van der Waals surface area (Å²) >= 11 is 3.43. The molecule has 1 fully saturated rings. The van der Waals surface area contributed by atoms with Crippen molar-refractivity contribution in [3.8, 4) is 0 Å². The van der Waals surface area contributed by atoms with Crippen molar-refractivity contribution in [2.75, 3.05) is 6.54 Å². The first-order valence-electron chi connectivity index (χ1n) is 6.15. The highest BCUT2D eigenvalue weighted by atomic mass is 79.9. The van der Waals surface area contributed by atoms with E-state index in [0.29, 0.717) is 11.7 Å². The molecule has 1 saturated carbocycles. The molecule has 0 saturated heterocycles. The van der Waals surface area contributed by atoms with E-state index in [4.69, 9.17) is 0 Å². The van der Waals surface area contributed by atoms with Crippen molar-refractivity contribution in [3.05, 3.63) is 28.4 Å². The summed E-state index contributed by atoms with van der Waals surface area (Å²) in [6, 6.07) is 6.22. The average Bonchev–Trinajstić information content (AvgIpc) is 3.09. The van der Waals surface area contributed by atoms with Crippen molar-refractivity contribution >= 4 is 32.7 Å². The van der Waals surface area contributed by atoms with Crippen LogP contribution in [-0.4, -0.2) is 33.6 Å². The summed E-state index contributed by atoms with van der Waals surface area (Å²) in [7, 11) is 0. The lowest BCUT2D eigenvalue weighted by Crippen LogP contribution is -2.33. The highest BCUT2D eigenvalue weighted by Crippen LogP contribution is 2.29. The third-order valence-electron chi connectivity index (χ3n) is 3.32. The Morgan fingerprint density at radius 1 is 1.56 bits per heavy atom. The van der Waals surface area contributed by atoms with Crippen LogP contribution in [0.3, 0.4) is 0 Å². The zero-order chi connectivity index (χ0) is 12.7. The largest absolute Gasteiger partial charge is 0.335 e. The van der Waals surface area contributed by atoms with Crippen LogP contribution in [0.15, 0.2) is 22.7 Å². The first kappa shape index (κ1) is 11.7. The summed E-state index contributed by atoms with van der Waals surface area (Å²) in [6.45, 7) is 2.76. The smallest absolute Gasteiger partial charge is 0.275 e. The van der Waals surface area contributed by atoms with Crippen molar-refractivity contribution in [2.24, 2.45) is 0 Å². The highest BCUT2D eigenvalue weighted by molar-refractivity contribution is 9.10. The van der Waals surface area contributed by atoms with Gasteiger partial charge in [0, 0.05) is 22.4 Å². The number of carbonyl (C=O) groups excluding carboxylic acids is 1. The number of hydrogen-bond acceptors (Lipinski definition) is 2. The Morgan fingerprint density at radius 2 is 2.33 bits per heavy atom. The van der Waals surface area contributed by atoms with Gasteiger partial charge in [0.2, 0.25) is 0 Å². The van der Waals surface area contributed by atoms with Gasteiger partial charge in [0.25, 0.3) is 5.91 Å². The monoisotopic (exact) mass is 307 g/mol. The minimum Gasteiger partial charge on any atom is -0.335 e. The lowest BCUT2D eigenvalue weighted by Gasteiger charge is -2.19. The van der Waals surface area contributed by atoms with Gasteiger partial charge in [-0.3, -0.25) is 9.89 Å². The number of nitrogens with zero attached hydrogens (tertiary/aromatic N) is 2. The zero-order valence-electron chi connectivity index (χ0n) is 10.1. The third kappa shape index (κ3) is 1.92. The van der Waals surface area contributed by atoms with E-state index in [2.05, 4.69) is 26.1 Å². The van der Waals surface area contributed by atoms with E-state index >= 15 is 0 Å². The van der Waals surface area contributed by atoms with Gasteiger partial charge in [0.15, 0.2) is 5.69 Å². The second-order valence-electron chi connectivity index (χ2n) is 4.58. The fourth-order valence-electron chi connectivity index (χ4n) is 2.24. The predicted octanol–water partition coefficient (Wildman–Crippen LogP) is 2.95. The van der Waals surface area contributed by atoms with Crippen molar-refractivity contribution in [1.29, 1.82) is 0 Å². The molecule has 18 heavy (non-hydrogen) atoms. The number of hydrogen-bond donors (Lipinski definition) is 1. The van der Waals surface area contributed by atoms with Crippen LogP contribution in [0.1, 0.15) is 30.3 Å². The lowest BCUT2D eigenvalue weighted by molar-refractivity contribution is 0.0748.